The van der Waals surface area contributed by atoms with Gasteiger partial charge >= 0.3 is 0 Å². The van der Waals surface area contributed by atoms with Crippen LogP contribution in [0.25, 0.3) is 21.9 Å². The zero-order valence-electron chi connectivity index (χ0n) is 11.0. The maximum Gasteiger partial charge on any atom is 0.129 e. The average molecular weight is 239 g/mol. The molecule has 0 spiro atoms. The average Bonchev–Trinajstić information content (AvgIpc) is 2.63. The van der Waals surface area contributed by atoms with E-state index in [4.69, 9.17) is 4.98 Å². The molecule has 2 heterocycles. The first-order valence-electron chi connectivity index (χ1n) is 6.36. The van der Waals surface area contributed by atoms with Crippen molar-refractivity contribution < 1.29 is 0 Å². The Hall–Kier alpha value is -1.90. The summed E-state index contributed by atoms with van der Waals surface area (Å²) in [6.45, 7) is 4.38. The molecule has 1 aromatic carbocycles. The number of aromatic nitrogens is 3. The van der Waals surface area contributed by atoms with Crippen molar-refractivity contribution in [3.05, 3.63) is 36.3 Å². The van der Waals surface area contributed by atoms with Gasteiger partial charge in [-0.1, -0.05) is 32.0 Å². The Morgan fingerprint density at radius 3 is 2.72 bits per heavy atom. The fraction of sp³-hybridized carbons (Fsp3) is 0.333. The van der Waals surface area contributed by atoms with E-state index in [1.54, 1.807) is 0 Å². The maximum absolute atomic E-state index is 4.73. The van der Waals surface area contributed by atoms with Gasteiger partial charge in [-0.3, -0.25) is 0 Å². The number of para-hydroxylation sites is 1. The highest BCUT2D eigenvalue weighted by atomic mass is 15.0. The van der Waals surface area contributed by atoms with Crippen LogP contribution in [0.3, 0.4) is 0 Å². The van der Waals surface area contributed by atoms with Gasteiger partial charge in [0.2, 0.25) is 0 Å². The SMILES string of the molecule is CC(C)Cc1ncc2c(n1)c1ccccc1n2C. The van der Waals surface area contributed by atoms with Crippen molar-refractivity contribution >= 4 is 21.9 Å². The smallest absolute Gasteiger partial charge is 0.129 e. The number of benzene rings is 1. The van der Waals surface area contributed by atoms with E-state index in [0.29, 0.717) is 5.92 Å². The molecule has 3 heteroatoms. The van der Waals surface area contributed by atoms with Gasteiger partial charge in [-0.05, 0) is 12.0 Å². The summed E-state index contributed by atoms with van der Waals surface area (Å²) in [5.41, 5.74) is 3.38. The van der Waals surface area contributed by atoms with Crippen LogP contribution in [0.2, 0.25) is 0 Å². The van der Waals surface area contributed by atoms with Crippen molar-refractivity contribution in [1.82, 2.24) is 14.5 Å². The van der Waals surface area contributed by atoms with E-state index in [2.05, 4.69) is 54.7 Å². The Kier molecular flexibility index (Phi) is 2.54. The van der Waals surface area contributed by atoms with Crippen LogP contribution in [0.15, 0.2) is 30.5 Å². The van der Waals surface area contributed by atoms with Gasteiger partial charge in [0.05, 0.1) is 22.7 Å². The van der Waals surface area contributed by atoms with Crippen LogP contribution in [0.1, 0.15) is 19.7 Å². The molecular formula is C15H17N3. The lowest BCUT2D eigenvalue weighted by atomic mass is 10.1. The summed E-state index contributed by atoms with van der Waals surface area (Å²) in [6, 6.07) is 8.37. The molecule has 0 fully saturated rings. The second kappa shape index (κ2) is 4.09. The minimum atomic E-state index is 0.581. The molecule has 0 unspecified atom stereocenters. The molecule has 0 saturated heterocycles. The first kappa shape index (κ1) is 11.2. The van der Waals surface area contributed by atoms with E-state index in [1.165, 1.54) is 10.9 Å². The lowest BCUT2D eigenvalue weighted by Crippen LogP contribution is -2.00. The predicted molar refractivity (Wildman–Crippen MR) is 74.6 cm³/mol. The third kappa shape index (κ3) is 1.67. The van der Waals surface area contributed by atoms with Gasteiger partial charge in [-0.15, -0.1) is 0 Å². The zero-order chi connectivity index (χ0) is 12.7. The first-order chi connectivity index (χ1) is 8.66. The third-order valence-electron chi connectivity index (χ3n) is 3.29. The molecule has 3 aromatic rings. The summed E-state index contributed by atoms with van der Waals surface area (Å²) in [4.78, 5) is 9.20. The topological polar surface area (TPSA) is 30.7 Å². The zero-order valence-corrected chi connectivity index (χ0v) is 11.0. The highest BCUT2D eigenvalue weighted by Crippen LogP contribution is 2.25. The normalized spacial score (nSPS) is 11.8. The second-order valence-electron chi connectivity index (χ2n) is 5.19. The lowest BCUT2D eigenvalue weighted by Gasteiger charge is -2.03. The summed E-state index contributed by atoms with van der Waals surface area (Å²) in [5.74, 6) is 1.52. The molecule has 0 saturated carbocycles. The molecule has 3 rings (SSSR count). The molecule has 0 radical (unpaired) electrons. The highest BCUT2D eigenvalue weighted by Gasteiger charge is 2.10. The van der Waals surface area contributed by atoms with E-state index < -0.39 is 0 Å². The van der Waals surface area contributed by atoms with E-state index in [0.717, 1.165) is 23.3 Å². The Bertz CT molecular complexity index is 710. The van der Waals surface area contributed by atoms with Crippen molar-refractivity contribution in [3.8, 4) is 0 Å². The Balaban J connectivity index is 2.29. The fourth-order valence-corrected chi connectivity index (χ4v) is 2.42. The van der Waals surface area contributed by atoms with E-state index in [1.807, 2.05) is 6.20 Å². The Morgan fingerprint density at radius 2 is 1.94 bits per heavy atom. The van der Waals surface area contributed by atoms with Crippen LogP contribution in [0, 0.1) is 5.92 Å². The second-order valence-corrected chi connectivity index (χ2v) is 5.19. The van der Waals surface area contributed by atoms with Crippen LogP contribution in [0.4, 0.5) is 0 Å². The number of hydrogen-bond acceptors (Lipinski definition) is 2. The molecular weight excluding hydrogens is 222 g/mol. The van der Waals surface area contributed by atoms with Crippen molar-refractivity contribution in [2.24, 2.45) is 13.0 Å². The molecule has 0 N–H and O–H groups in total. The van der Waals surface area contributed by atoms with Crippen molar-refractivity contribution in [2.45, 2.75) is 20.3 Å². The van der Waals surface area contributed by atoms with E-state index in [9.17, 15) is 0 Å². The summed E-state index contributed by atoms with van der Waals surface area (Å²) < 4.78 is 2.16. The molecule has 2 aromatic heterocycles. The minimum Gasteiger partial charge on any atom is -0.341 e. The van der Waals surface area contributed by atoms with Gasteiger partial charge in [0.25, 0.3) is 0 Å². The van der Waals surface area contributed by atoms with Crippen LogP contribution >= 0.6 is 0 Å². The first-order valence-corrected chi connectivity index (χ1v) is 6.36. The monoisotopic (exact) mass is 239 g/mol. The number of aryl methyl sites for hydroxylation is 1. The largest absolute Gasteiger partial charge is 0.341 e. The molecule has 0 bridgehead atoms. The minimum absolute atomic E-state index is 0.581. The van der Waals surface area contributed by atoms with Gasteiger partial charge in [-0.2, -0.15) is 0 Å². The number of hydrogen-bond donors (Lipinski definition) is 0. The highest BCUT2D eigenvalue weighted by molar-refractivity contribution is 6.05. The number of nitrogens with zero attached hydrogens (tertiary/aromatic N) is 3. The number of fused-ring (bicyclic) bond motifs is 3. The van der Waals surface area contributed by atoms with Crippen molar-refractivity contribution in [2.75, 3.05) is 0 Å². The summed E-state index contributed by atoms with van der Waals surface area (Å²) in [7, 11) is 2.07. The third-order valence-corrected chi connectivity index (χ3v) is 3.29. The van der Waals surface area contributed by atoms with Crippen LogP contribution in [0.5, 0.6) is 0 Å². The van der Waals surface area contributed by atoms with Gasteiger partial charge in [0, 0.05) is 18.9 Å². The maximum atomic E-state index is 4.73. The molecule has 3 nitrogen and oxygen atoms in total. The van der Waals surface area contributed by atoms with E-state index in [-0.39, 0.29) is 0 Å². The molecule has 18 heavy (non-hydrogen) atoms. The quantitative estimate of drug-likeness (QED) is 0.687. The molecule has 0 aliphatic heterocycles. The van der Waals surface area contributed by atoms with Crippen molar-refractivity contribution in [1.29, 1.82) is 0 Å². The molecule has 0 amide bonds. The molecule has 92 valence electrons. The molecule has 0 aliphatic rings. The van der Waals surface area contributed by atoms with Crippen LogP contribution < -0.4 is 0 Å². The van der Waals surface area contributed by atoms with E-state index >= 15 is 0 Å². The number of rotatable bonds is 2. The van der Waals surface area contributed by atoms with Crippen LogP contribution in [-0.4, -0.2) is 14.5 Å². The molecule has 0 atom stereocenters. The van der Waals surface area contributed by atoms with Gasteiger partial charge < -0.3 is 4.57 Å². The standard InChI is InChI=1S/C15H17N3/c1-10(2)8-14-16-9-13-15(17-14)11-6-4-5-7-12(11)18(13)3/h4-7,9-10H,8H2,1-3H3. The fourth-order valence-electron chi connectivity index (χ4n) is 2.42. The Labute approximate surface area is 106 Å². The summed E-state index contributed by atoms with van der Waals surface area (Å²) in [6.07, 6.45) is 2.87. The summed E-state index contributed by atoms with van der Waals surface area (Å²) >= 11 is 0. The van der Waals surface area contributed by atoms with Gasteiger partial charge in [0.1, 0.15) is 5.82 Å². The predicted octanol–water partition coefficient (Wildman–Crippen LogP) is 3.32. The lowest BCUT2D eigenvalue weighted by molar-refractivity contribution is 0.623. The van der Waals surface area contributed by atoms with Gasteiger partial charge in [0.15, 0.2) is 0 Å². The summed E-state index contributed by atoms with van der Waals surface area (Å²) in [5, 5.41) is 1.21. The molecule has 0 aliphatic carbocycles. The van der Waals surface area contributed by atoms with Crippen molar-refractivity contribution in [3.63, 3.8) is 0 Å². The Morgan fingerprint density at radius 1 is 1.17 bits per heavy atom. The van der Waals surface area contributed by atoms with Crippen LogP contribution in [-0.2, 0) is 13.5 Å². The van der Waals surface area contributed by atoms with Gasteiger partial charge in [-0.25, -0.2) is 9.97 Å².